The fraction of sp³-hybridized carbons (Fsp3) is 0.750. The van der Waals surface area contributed by atoms with Gasteiger partial charge in [-0.05, 0) is 62.3 Å². The van der Waals surface area contributed by atoms with Gasteiger partial charge in [0.1, 0.15) is 5.75 Å². The molecule has 0 spiro atoms. The van der Waals surface area contributed by atoms with Crippen LogP contribution in [0.3, 0.4) is 0 Å². The quantitative estimate of drug-likeness (QED) is 0.656. The third kappa shape index (κ3) is 5.13. The molecule has 3 aliphatic rings. The molecule has 3 atom stereocenters. The Hall–Kier alpha value is -1.14. The van der Waals surface area contributed by atoms with E-state index < -0.39 is 0 Å². The molecule has 1 aromatic carbocycles. The van der Waals surface area contributed by atoms with Crippen LogP contribution in [0.15, 0.2) is 24.3 Å². The number of hydrogen-bond donors (Lipinski definition) is 3. The van der Waals surface area contributed by atoms with Crippen LogP contribution in [0.1, 0.15) is 50.5 Å². The molecule has 0 bridgehead atoms. The first-order chi connectivity index (χ1) is 14.2. The summed E-state index contributed by atoms with van der Waals surface area (Å²) in [6, 6.07) is 8.96. The maximum atomic E-state index is 10.4. The minimum absolute atomic E-state index is 0.0373. The summed E-state index contributed by atoms with van der Waals surface area (Å²) in [4.78, 5) is 2.63. The molecule has 3 unspecified atom stereocenters. The first-order valence-electron chi connectivity index (χ1n) is 11.7. The molecule has 29 heavy (non-hydrogen) atoms. The zero-order valence-corrected chi connectivity index (χ0v) is 18.0. The molecule has 1 aromatic rings. The van der Waals surface area contributed by atoms with E-state index in [1.807, 2.05) is 6.07 Å². The number of aliphatic hydroxyl groups is 1. The van der Waals surface area contributed by atoms with Crippen molar-refractivity contribution in [1.29, 1.82) is 0 Å². The van der Waals surface area contributed by atoms with Crippen molar-refractivity contribution in [3.8, 4) is 5.75 Å². The van der Waals surface area contributed by atoms with Crippen LogP contribution in [0.25, 0.3) is 0 Å². The van der Waals surface area contributed by atoms with Crippen LogP contribution in [-0.4, -0.2) is 55.9 Å². The second-order valence-electron chi connectivity index (χ2n) is 9.73. The fourth-order valence-corrected chi connectivity index (χ4v) is 6.07. The molecule has 1 aliphatic carbocycles. The minimum Gasteiger partial charge on any atom is -0.497 e. The molecule has 0 radical (unpaired) electrons. The Kier molecular flexibility index (Phi) is 7.12. The van der Waals surface area contributed by atoms with Gasteiger partial charge in [-0.15, -0.1) is 0 Å². The number of ether oxygens (including phenoxy) is 1. The van der Waals surface area contributed by atoms with Crippen molar-refractivity contribution in [3.63, 3.8) is 0 Å². The van der Waals surface area contributed by atoms with Crippen molar-refractivity contribution >= 4 is 0 Å². The highest BCUT2D eigenvalue weighted by atomic mass is 16.5. The van der Waals surface area contributed by atoms with Gasteiger partial charge in [0, 0.05) is 37.0 Å². The number of benzene rings is 1. The molecule has 3 N–H and O–H groups in total. The largest absolute Gasteiger partial charge is 0.497 e. The van der Waals surface area contributed by atoms with E-state index in [1.165, 1.54) is 44.1 Å². The predicted octanol–water partition coefficient (Wildman–Crippen LogP) is 2.99. The lowest BCUT2D eigenvalue weighted by molar-refractivity contribution is 0.0236. The predicted molar refractivity (Wildman–Crippen MR) is 117 cm³/mol. The van der Waals surface area contributed by atoms with E-state index in [4.69, 9.17) is 4.74 Å². The zero-order valence-electron chi connectivity index (χ0n) is 18.0. The van der Waals surface area contributed by atoms with E-state index in [0.717, 1.165) is 50.7 Å². The van der Waals surface area contributed by atoms with Gasteiger partial charge in [0.15, 0.2) is 0 Å². The summed E-state index contributed by atoms with van der Waals surface area (Å²) in [5.41, 5.74) is 8.30. The van der Waals surface area contributed by atoms with E-state index in [1.54, 1.807) is 7.11 Å². The van der Waals surface area contributed by atoms with Gasteiger partial charge >= 0.3 is 0 Å². The van der Waals surface area contributed by atoms with Crippen molar-refractivity contribution < 1.29 is 9.84 Å². The van der Waals surface area contributed by atoms with Crippen LogP contribution in [0.5, 0.6) is 5.75 Å². The number of hydrogen-bond acceptors (Lipinski definition) is 5. The van der Waals surface area contributed by atoms with E-state index in [-0.39, 0.29) is 12.0 Å². The number of likely N-dealkylation sites (tertiary alicyclic amines) is 1. The topological polar surface area (TPSA) is 56.8 Å². The molecule has 0 aromatic heterocycles. The average Bonchev–Trinajstić information content (AvgIpc) is 3.23. The molecule has 3 fully saturated rings. The Labute approximate surface area is 176 Å². The lowest BCUT2D eigenvalue weighted by Crippen LogP contribution is -2.50. The first kappa shape index (κ1) is 21.1. The Morgan fingerprint density at radius 2 is 2.07 bits per heavy atom. The lowest BCUT2D eigenvalue weighted by Gasteiger charge is -2.43. The summed E-state index contributed by atoms with van der Waals surface area (Å²) in [6.07, 6.45) is 10.2. The summed E-state index contributed by atoms with van der Waals surface area (Å²) in [7, 11) is 1.72. The first-order valence-corrected chi connectivity index (χ1v) is 11.7. The number of hydrazine groups is 1. The maximum Gasteiger partial charge on any atom is 0.119 e. The van der Waals surface area contributed by atoms with Crippen molar-refractivity contribution in [3.05, 3.63) is 29.8 Å². The van der Waals surface area contributed by atoms with Crippen LogP contribution < -0.4 is 15.6 Å². The van der Waals surface area contributed by atoms with Gasteiger partial charge in [-0.3, -0.25) is 10.9 Å². The van der Waals surface area contributed by atoms with Gasteiger partial charge in [0.25, 0.3) is 0 Å². The van der Waals surface area contributed by atoms with Gasteiger partial charge in [0.05, 0.1) is 13.7 Å². The molecular formula is C24H39N3O2. The molecule has 5 heteroatoms. The smallest absolute Gasteiger partial charge is 0.119 e. The number of aliphatic hydroxyl groups excluding tert-OH is 1. The van der Waals surface area contributed by atoms with Gasteiger partial charge in [-0.25, -0.2) is 0 Å². The molecule has 2 aliphatic heterocycles. The zero-order chi connectivity index (χ0) is 20.1. The maximum absolute atomic E-state index is 10.4. The summed E-state index contributed by atoms with van der Waals surface area (Å²) >= 11 is 0. The molecule has 1 saturated carbocycles. The average molecular weight is 402 g/mol. The van der Waals surface area contributed by atoms with Crippen LogP contribution in [-0.2, 0) is 6.42 Å². The van der Waals surface area contributed by atoms with E-state index in [0.29, 0.717) is 12.0 Å². The normalized spacial score (nSPS) is 31.8. The molecule has 162 valence electrons. The summed E-state index contributed by atoms with van der Waals surface area (Å²) in [5, 5.41) is 10.4. The molecular weight excluding hydrogens is 362 g/mol. The number of rotatable bonds is 7. The van der Waals surface area contributed by atoms with Crippen molar-refractivity contribution in [2.24, 2.45) is 17.3 Å². The SMILES string of the molecule is COc1cccc(CC2(CO)CCCN(CC3CNNC3C3CCCCC3)C2)c1. The Morgan fingerprint density at radius 1 is 1.21 bits per heavy atom. The molecule has 2 heterocycles. The number of nitrogens with zero attached hydrogens (tertiary/aromatic N) is 1. The Balaban J connectivity index is 1.39. The van der Waals surface area contributed by atoms with E-state index in [9.17, 15) is 5.11 Å². The number of nitrogens with one attached hydrogen (secondary N) is 2. The Morgan fingerprint density at radius 3 is 2.86 bits per heavy atom. The minimum atomic E-state index is -0.0373. The van der Waals surface area contributed by atoms with Crippen LogP contribution >= 0.6 is 0 Å². The van der Waals surface area contributed by atoms with E-state index in [2.05, 4.69) is 34.0 Å². The van der Waals surface area contributed by atoms with Crippen LogP contribution in [0, 0.1) is 17.3 Å². The summed E-state index contributed by atoms with van der Waals surface area (Å²) in [5.74, 6) is 2.40. The van der Waals surface area contributed by atoms with Gasteiger partial charge < -0.3 is 14.7 Å². The lowest BCUT2D eigenvalue weighted by atomic mass is 9.75. The second kappa shape index (κ2) is 9.78. The van der Waals surface area contributed by atoms with Crippen molar-refractivity contribution in [2.45, 2.75) is 57.4 Å². The summed E-state index contributed by atoms with van der Waals surface area (Å²) < 4.78 is 5.40. The van der Waals surface area contributed by atoms with Crippen molar-refractivity contribution in [2.75, 3.05) is 39.9 Å². The molecule has 5 nitrogen and oxygen atoms in total. The van der Waals surface area contributed by atoms with Crippen molar-refractivity contribution in [1.82, 2.24) is 15.8 Å². The third-order valence-electron chi connectivity index (χ3n) is 7.58. The standard InChI is InChI=1S/C24H39N3O2/c1-29-22-10-5-7-19(13-22)14-24(18-28)11-6-12-27(17-24)16-21-15-25-26-23(21)20-8-3-2-4-9-20/h5,7,10,13,20-21,23,25-26,28H,2-4,6,8-9,11-12,14-18H2,1H3. The van der Waals surface area contributed by atoms with Crippen LogP contribution in [0.2, 0.25) is 0 Å². The van der Waals surface area contributed by atoms with Gasteiger partial charge in [0.2, 0.25) is 0 Å². The van der Waals surface area contributed by atoms with Gasteiger partial charge in [-0.1, -0.05) is 31.4 Å². The summed E-state index contributed by atoms with van der Waals surface area (Å²) in [6.45, 7) is 4.62. The highest BCUT2D eigenvalue weighted by Gasteiger charge is 2.39. The van der Waals surface area contributed by atoms with E-state index >= 15 is 0 Å². The van der Waals surface area contributed by atoms with Gasteiger partial charge in [-0.2, -0.15) is 0 Å². The Bertz CT molecular complexity index is 649. The number of methoxy groups -OCH3 is 1. The third-order valence-corrected chi connectivity index (χ3v) is 7.58. The second-order valence-corrected chi connectivity index (χ2v) is 9.73. The molecule has 0 amide bonds. The van der Waals surface area contributed by atoms with Crippen LogP contribution in [0.4, 0.5) is 0 Å². The fourth-order valence-electron chi connectivity index (χ4n) is 6.07. The molecule has 4 rings (SSSR count). The molecule has 2 saturated heterocycles. The monoisotopic (exact) mass is 401 g/mol. The number of piperidine rings is 1. The highest BCUT2D eigenvalue weighted by molar-refractivity contribution is 5.29. The highest BCUT2D eigenvalue weighted by Crippen LogP contribution is 2.36.